The van der Waals surface area contributed by atoms with Gasteiger partial charge in [-0.1, -0.05) is 6.07 Å². The van der Waals surface area contributed by atoms with E-state index in [0.29, 0.717) is 30.1 Å². The fourth-order valence-electron chi connectivity index (χ4n) is 3.67. The summed E-state index contributed by atoms with van der Waals surface area (Å²) in [4.78, 5) is 16.0. The molecule has 1 atom stereocenters. The molecular formula is C23H25F3N4O4. The van der Waals surface area contributed by atoms with E-state index in [1.165, 1.54) is 13.2 Å². The maximum absolute atomic E-state index is 12.9. The molecule has 2 aromatic heterocycles. The van der Waals surface area contributed by atoms with Crippen molar-refractivity contribution in [3.05, 3.63) is 47.9 Å². The zero-order chi connectivity index (χ0) is 24.1. The highest BCUT2D eigenvalue weighted by molar-refractivity contribution is 6.05. The molecule has 0 aliphatic carbocycles. The molecule has 182 valence electrons. The molecule has 0 bridgehead atoms. The number of aryl methyl sites for hydroxylation is 1. The summed E-state index contributed by atoms with van der Waals surface area (Å²) in [7, 11) is 1.43. The van der Waals surface area contributed by atoms with Crippen LogP contribution in [-0.2, 0) is 22.2 Å². The largest absolute Gasteiger partial charge is 0.494 e. The van der Waals surface area contributed by atoms with Crippen LogP contribution in [-0.4, -0.2) is 47.3 Å². The summed E-state index contributed by atoms with van der Waals surface area (Å²) in [5.41, 5.74) is -0.530. The molecule has 1 saturated heterocycles. The molecule has 1 N–H and O–H groups in total. The molecule has 0 saturated carbocycles. The SMILES string of the molecule is COc1cc2nn(CCCOC3CCCCO3)cc2cc1NC(=O)c1cccc(C(F)(F)F)n1. The van der Waals surface area contributed by atoms with E-state index < -0.39 is 17.8 Å². The number of alkyl halides is 3. The summed E-state index contributed by atoms with van der Waals surface area (Å²) >= 11 is 0. The van der Waals surface area contributed by atoms with Crippen molar-refractivity contribution < 1.29 is 32.2 Å². The second-order valence-corrected chi connectivity index (χ2v) is 7.88. The second-order valence-electron chi connectivity index (χ2n) is 7.88. The van der Waals surface area contributed by atoms with E-state index in [-0.39, 0.29) is 12.0 Å². The van der Waals surface area contributed by atoms with Gasteiger partial charge in [-0.3, -0.25) is 9.48 Å². The molecule has 1 unspecified atom stereocenters. The van der Waals surface area contributed by atoms with Crippen molar-refractivity contribution in [2.45, 2.75) is 44.7 Å². The monoisotopic (exact) mass is 478 g/mol. The number of fused-ring (bicyclic) bond motifs is 1. The number of benzene rings is 1. The third-order valence-electron chi connectivity index (χ3n) is 5.37. The number of nitrogens with zero attached hydrogens (tertiary/aromatic N) is 3. The van der Waals surface area contributed by atoms with E-state index in [0.717, 1.165) is 49.8 Å². The van der Waals surface area contributed by atoms with Gasteiger partial charge in [-0.25, -0.2) is 4.98 Å². The van der Waals surface area contributed by atoms with Gasteiger partial charge in [0, 0.05) is 30.8 Å². The summed E-state index contributed by atoms with van der Waals surface area (Å²) < 4.78 is 57.2. The van der Waals surface area contributed by atoms with Crippen molar-refractivity contribution in [1.29, 1.82) is 0 Å². The topological polar surface area (TPSA) is 87.5 Å². The van der Waals surface area contributed by atoms with E-state index >= 15 is 0 Å². The Hall–Kier alpha value is -3.18. The molecule has 1 amide bonds. The number of amides is 1. The summed E-state index contributed by atoms with van der Waals surface area (Å²) in [5.74, 6) is -0.450. The van der Waals surface area contributed by atoms with Gasteiger partial charge in [-0.05, 0) is 43.9 Å². The Morgan fingerprint density at radius 2 is 2.15 bits per heavy atom. The van der Waals surface area contributed by atoms with Gasteiger partial charge in [0.1, 0.15) is 17.1 Å². The maximum Gasteiger partial charge on any atom is 0.433 e. The molecule has 4 rings (SSSR count). The van der Waals surface area contributed by atoms with Gasteiger partial charge >= 0.3 is 6.18 Å². The summed E-state index contributed by atoms with van der Waals surface area (Å²) in [6.45, 7) is 1.91. The average molecular weight is 478 g/mol. The zero-order valence-corrected chi connectivity index (χ0v) is 18.6. The van der Waals surface area contributed by atoms with Gasteiger partial charge in [0.25, 0.3) is 5.91 Å². The Morgan fingerprint density at radius 3 is 2.88 bits per heavy atom. The lowest BCUT2D eigenvalue weighted by atomic mass is 10.2. The number of ether oxygens (including phenoxy) is 3. The van der Waals surface area contributed by atoms with Crippen LogP contribution in [0.25, 0.3) is 10.9 Å². The molecule has 3 aromatic rings. The lowest BCUT2D eigenvalue weighted by Crippen LogP contribution is -2.23. The number of methoxy groups -OCH3 is 1. The number of carbonyl (C=O) groups excluding carboxylic acids is 1. The van der Waals surface area contributed by atoms with Crippen LogP contribution >= 0.6 is 0 Å². The van der Waals surface area contributed by atoms with E-state index in [1.807, 2.05) is 6.20 Å². The highest BCUT2D eigenvalue weighted by Crippen LogP contribution is 2.31. The van der Waals surface area contributed by atoms with Crippen LogP contribution in [0.2, 0.25) is 0 Å². The first kappa shape index (κ1) is 24.0. The fourth-order valence-corrected chi connectivity index (χ4v) is 3.67. The smallest absolute Gasteiger partial charge is 0.433 e. The molecule has 8 nitrogen and oxygen atoms in total. The van der Waals surface area contributed by atoms with Crippen LogP contribution in [0.3, 0.4) is 0 Å². The summed E-state index contributed by atoms with van der Waals surface area (Å²) in [5, 5.41) is 7.84. The minimum absolute atomic E-state index is 0.132. The van der Waals surface area contributed by atoms with Gasteiger partial charge in [-0.15, -0.1) is 0 Å². The number of hydrogen-bond donors (Lipinski definition) is 1. The van der Waals surface area contributed by atoms with Crippen LogP contribution in [0.5, 0.6) is 5.75 Å². The number of rotatable bonds is 8. The van der Waals surface area contributed by atoms with E-state index in [4.69, 9.17) is 14.2 Å². The number of halogens is 3. The van der Waals surface area contributed by atoms with Crippen LogP contribution in [0.4, 0.5) is 18.9 Å². The predicted molar refractivity (Wildman–Crippen MR) is 118 cm³/mol. The standard InChI is InChI=1S/C23H25F3N4O4/c1-32-19-13-17-15(14-30(29-17)9-5-11-34-21-8-2-3-10-33-21)12-18(19)28-22(31)16-6-4-7-20(27-16)23(24,25)26/h4,6-7,12-14,21H,2-3,5,8-11H2,1H3,(H,28,31). The molecule has 0 radical (unpaired) electrons. The van der Waals surface area contributed by atoms with Crippen LogP contribution in [0, 0.1) is 0 Å². The van der Waals surface area contributed by atoms with E-state index in [9.17, 15) is 18.0 Å². The minimum atomic E-state index is -4.64. The van der Waals surface area contributed by atoms with Gasteiger partial charge in [0.15, 0.2) is 6.29 Å². The number of aromatic nitrogens is 3. The molecular weight excluding hydrogens is 453 g/mol. The Morgan fingerprint density at radius 1 is 1.29 bits per heavy atom. The molecule has 34 heavy (non-hydrogen) atoms. The Balaban J connectivity index is 1.43. The maximum atomic E-state index is 12.9. The van der Waals surface area contributed by atoms with Gasteiger partial charge in [0.2, 0.25) is 0 Å². The quantitative estimate of drug-likeness (QED) is 0.475. The molecule has 1 aliphatic rings. The molecule has 3 heterocycles. The number of nitrogens with one attached hydrogen (secondary N) is 1. The number of pyridine rings is 1. The molecule has 0 spiro atoms. The third kappa shape index (κ3) is 5.84. The molecule has 11 heteroatoms. The molecule has 1 aromatic carbocycles. The lowest BCUT2D eigenvalue weighted by Gasteiger charge is -2.22. The van der Waals surface area contributed by atoms with Crippen molar-refractivity contribution in [3.8, 4) is 5.75 Å². The zero-order valence-electron chi connectivity index (χ0n) is 18.6. The first-order chi connectivity index (χ1) is 16.3. The summed E-state index contributed by atoms with van der Waals surface area (Å²) in [6, 6.07) is 6.49. The van der Waals surface area contributed by atoms with Crippen LogP contribution < -0.4 is 10.1 Å². The minimum Gasteiger partial charge on any atom is -0.494 e. The Labute approximate surface area is 194 Å². The van der Waals surface area contributed by atoms with Crippen molar-refractivity contribution >= 4 is 22.5 Å². The second kappa shape index (κ2) is 10.4. The van der Waals surface area contributed by atoms with Crippen LogP contribution in [0.15, 0.2) is 36.5 Å². The third-order valence-corrected chi connectivity index (χ3v) is 5.37. The number of hydrogen-bond acceptors (Lipinski definition) is 6. The molecule has 1 fully saturated rings. The molecule has 1 aliphatic heterocycles. The number of anilines is 1. The van der Waals surface area contributed by atoms with Gasteiger partial charge in [0.05, 0.1) is 24.9 Å². The van der Waals surface area contributed by atoms with E-state index in [1.54, 1.807) is 16.8 Å². The lowest BCUT2D eigenvalue weighted by molar-refractivity contribution is -0.163. The Bertz CT molecular complexity index is 1140. The van der Waals surface area contributed by atoms with Gasteiger partial charge in [-0.2, -0.15) is 18.3 Å². The van der Waals surface area contributed by atoms with Crippen molar-refractivity contribution in [2.24, 2.45) is 0 Å². The van der Waals surface area contributed by atoms with Crippen LogP contribution in [0.1, 0.15) is 41.9 Å². The normalized spacial score (nSPS) is 16.5. The van der Waals surface area contributed by atoms with Gasteiger partial charge < -0.3 is 19.5 Å². The average Bonchev–Trinajstić information content (AvgIpc) is 3.23. The Kier molecular flexibility index (Phi) is 7.32. The first-order valence-electron chi connectivity index (χ1n) is 11.0. The van der Waals surface area contributed by atoms with E-state index in [2.05, 4.69) is 15.4 Å². The number of carbonyl (C=O) groups is 1. The highest BCUT2D eigenvalue weighted by atomic mass is 19.4. The fraction of sp³-hybridized carbons (Fsp3) is 0.435. The predicted octanol–water partition coefficient (Wildman–Crippen LogP) is 4.64. The van der Waals surface area contributed by atoms with Crippen molar-refractivity contribution in [3.63, 3.8) is 0 Å². The first-order valence-corrected chi connectivity index (χ1v) is 11.0. The van der Waals surface area contributed by atoms with Crippen molar-refractivity contribution in [2.75, 3.05) is 25.6 Å². The highest BCUT2D eigenvalue weighted by Gasteiger charge is 2.33. The summed E-state index contributed by atoms with van der Waals surface area (Å²) in [6.07, 6.45) is 0.889. The van der Waals surface area contributed by atoms with Crippen molar-refractivity contribution in [1.82, 2.24) is 14.8 Å².